The molecule has 2 amide bonds. The Morgan fingerprint density at radius 2 is 1.72 bits per heavy atom. The second-order valence-electron chi connectivity index (χ2n) is 6.97. The number of nitrogens with zero attached hydrogens (tertiary/aromatic N) is 1. The van der Waals surface area contributed by atoms with E-state index in [2.05, 4.69) is 15.9 Å². The van der Waals surface area contributed by atoms with E-state index in [1.165, 1.54) is 4.90 Å². The first-order valence-electron chi connectivity index (χ1n) is 9.56. The minimum atomic E-state index is -0.361. The summed E-state index contributed by atoms with van der Waals surface area (Å²) in [6, 6.07) is 20.4. The van der Waals surface area contributed by atoms with Gasteiger partial charge in [0.15, 0.2) is 0 Å². The van der Waals surface area contributed by atoms with Crippen LogP contribution in [0, 0.1) is 0 Å². The fraction of sp³-hybridized carbons (Fsp3) is 0.0833. The largest absolute Gasteiger partial charge is 0.488 e. The topological polar surface area (TPSA) is 46.6 Å². The van der Waals surface area contributed by atoms with Gasteiger partial charge in [-0.15, -0.1) is 0 Å². The molecule has 0 bridgehead atoms. The first-order valence-corrected chi connectivity index (χ1v) is 11.9. The molecule has 3 aromatic carbocycles. The van der Waals surface area contributed by atoms with Gasteiger partial charge >= 0.3 is 0 Å². The highest BCUT2D eigenvalue weighted by Gasteiger charge is 2.35. The molecule has 0 radical (unpaired) electrons. The maximum Gasteiger partial charge on any atom is 0.293 e. The lowest BCUT2D eigenvalue weighted by atomic mass is 10.1. The molecule has 0 aromatic heterocycles. The Morgan fingerprint density at radius 3 is 2.47 bits per heavy atom. The van der Waals surface area contributed by atoms with Gasteiger partial charge in [-0.1, -0.05) is 75.5 Å². The number of halogens is 3. The number of benzene rings is 3. The Balaban J connectivity index is 1.55. The van der Waals surface area contributed by atoms with Crippen LogP contribution in [0.2, 0.25) is 10.0 Å². The highest BCUT2D eigenvalue weighted by atomic mass is 79.9. The maximum atomic E-state index is 13.0. The smallest absolute Gasteiger partial charge is 0.293 e. The van der Waals surface area contributed by atoms with E-state index in [0.29, 0.717) is 32.9 Å². The molecular weight excluding hydrogens is 533 g/mol. The van der Waals surface area contributed by atoms with Crippen LogP contribution in [-0.4, -0.2) is 16.0 Å². The van der Waals surface area contributed by atoms with Crippen molar-refractivity contribution in [2.45, 2.75) is 13.2 Å². The number of rotatable bonds is 6. The number of imide groups is 1. The van der Waals surface area contributed by atoms with Gasteiger partial charge in [-0.3, -0.25) is 14.5 Å². The lowest BCUT2D eigenvalue weighted by Gasteiger charge is -2.13. The number of amides is 2. The zero-order valence-electron chi connectivity index (χ0n) is 16.6. The summed E-state index contributed by atoms with van der Waals surface area (Å²) < 4.78 is 6.82. The van der Waals surface area contributed by atoms with E-state index in [1.807, 2.05) is 48.5 Å². The van der Waals surface area contributed by atoms with Crippen molar-refractivity contribution in [3.63, 3.8) is 0 Å². The molecule has 0 saturated carbocycles. The van der Waals surface area contributed by atoms with Crippen molar-refractivity contribution in [2.75, 3.05) is 0 Å². The molecule has 162 valence electrons. The predicted octanol–water partition coefficient (Wildman–Crippen LogP) is 7.57. The summed E-state index contributed by atoms with van der Waals surface area (Å²) >= 11 is 16.4. The molecule has 1 heterocycles. The molecular formula is C24H16BrCl2NO3S. The monoisotopic (exact) mass is 547 g/mol. The van der Waals surface area contributed by atoms with Crippen LogP contribution >= 0.6 is 50.9 Å². The molecule has 4 nitrogen and oxygen atoms in total. The number of hydrogen-bond acceptors (Lipinski definition) is 4. The summed E-state index contributed by atoms with van der Waals surface area (Å²) in [4.78, 5) is 27.0. The highest BCUT2D eigenvalue weighted by Crippen LogP contribution is 2.36. The molecule has 3 aromatic rings. The fourth-order valence-corrected chi connectivity index (χ4v) is 4.63. The van der Waals surface area contributed by atoms with Crippen LogP contribution in [0.25, 0.3) is 6.08 Å². The van der Waals surface area contributed by atoms with Gasteiger partial charge in [-0.05, 0) is 59.3 Å². The third-order valence-corrected chi connectivity index (χ3v) is 6.83. The summed E-state index contributed by atoms with van der Waals surface area (Å²) in [7, 11) is 0. The van der Waals surface area contributed by atoms with Crippen molar-refractivity contribution >= 4 is 68.1 Å². The van der Waals surface area contributed by atoms with E-state index in [-0.39, 0.29) is 17.7 Å². The van der Waals surface area contributed by atoms with Crippen LogP contribution in [0.4, 0.5) is 4.79 Å². The maximum absolute atomic E-state index is 13.0. The second kappa shape index (κ2) is 10.1. The quantitative estimate of drug-likeness (QED) is 0.298. The van der Waals surface area contributed by atoms with Crippen LogP contribution in [0.5, 0.6) is 5.75 Å². The van der Waals surface area contributed by atoms with E-state index in [9.17, 15) is 9.59 Å². The SMILES string of the molecule is O=C1S/C(=C\c2cc(Br)ccc2OCc2ccccc2)C(=O)N1Cc1ccc(Cl)c(Cl)c1. The van der Waals surface area contributed by atoms with Crippen molar-refractivity contribution in [3.05, 3.63) is 103 Å². The van der Waals surface area contributed by atoms with Crippen molar-refractivity contribution in [1.29, 1.82) is 0 Å². The van der Waals surface area contributed by atoms with Gasteiger partial charge < -0.3 is 4.74 Å². The molecule has 32 heavy (non-hydrogen) atoms. The first kappa shape index (κ1) is 22.9. The van der Waals surface area contributed by atoms with Gasteiger partial charge in [0.2, 0.25) is 0 Å². The van der Waals surface area contributed by atoms with Gasteiger partial charge in [0.1, 0.15) is 12.4 Å². The van der Waals surface area contributed by atoms with Gasteiger partial charge in [0.25, 0.3) is 11.1 Å². The molecule has 1 aliphatic heterocycles. The third-order valence-electron chi connectivity index (χ3n) is 4.69. The normalized spacial score (nSPS) is 15.0. The predicted molar refractivity (Wildman–Crippen MR) is 133 cm³/mol. The molecule has 0 spiro atoms. The minimum Gasteiger partial charge on any atom is -0.488 e. The lowest BCUT2D eigenvalue weighted by molar-refractivity contribution is -0.123. The summed E-state index contributed by atoms with van der Waals surface area (Å²) in [6.07, 6.45) is 1.69. The average Bonchev–Trinajstić information content (AvgIpc) is 3.04. The molecule has 0 atom stereocenters. The number of carbonyl (C=O) groups excluding carboxylic acids is 2. The van der Waals surface area contributed by atoms with E-state index in [1.54, 1.807) is 24.3 Å². The minimum absolute atomic E-state index is 0.120. The van der Waals surface area contributed by atoms with E-state index >= 15 is 0 Å². The van der Waals surface area contributed by atoms with Gasteiger partial charge in [0, 0.05) is 10.0 Å². The molecule has 0 aliphatic carbocycles. The number of thioether (sulfide) groups is 1. The molecule has 1 saturated heterocycles. The van der Waals surface area contributed by atoms with Crippen LogP contribution in [-0.2, 0) is 17.9 Å². The Kier molecular flexibility index (Phi) is 7.26. The first-order chi connectivity index (χ1) is 15.4. The van der Waals surface area contributed by atoms with E-state index in [4.69, 9.17) is 27.9 Å². The number of hydrogen-bond donors (Lipinski definition) is 0. The summed E-state index contributed by atoms with van der Waals surface area (Å²) in [5.74, 6) is 0.258. The molecule has 1 aliphatic rings. The zero-order chi connectivity index (χ0) is 22.7. The molecule has 0 unspecified atom stereocenters. The lowest BCUT2D eigenvalue weighted by Crippen LogP contribution is -2.27. The Labute approximate surface area is 208 Å². The summed E-state index contributed by atoms with van der Waals surface area (Å²) in [5, 5.41) is 0.456. The Morgan fingerprint density at radius 1 is 0.938 bits per heavy atom. The zero-order valence-corrected chi connectivity index (χ0v) is 20.5. The van der Waals surface area contributed by atoms with Crippen LogP contribution in [0.1, 0.15) is 16.7 Å². The number of carbonyl (C=O) groups is 2. The highest BCUT2D eigenvalue weighted by molar-refractivity contribution is 9.10. The fourth-order valence-electron chi connectivity index (χ4n) is 3.10. The van der Waals surface area contributed by atoms with Gasteiger partial charge in [0.05, 0.1) is 21.5 Å². The van der Waals surface area contributed by atoms with Gasteiger partial charge in [-0.2, -0.15) is 0 Å². The van der Waals surface area contributed by atoms with Crippen molar-refractivity contribution in [1.82, 2.24) is 4.90 Å². The molecule has 8 heteroatoms. The summed E-state index contributed by atoms with van der Waals surface area (Å²) in [6.45, 7) is 0.511. The molecule has 0 N–H and O–H groups in total. The second-order valence-corrected chi connectivity index (χ2v) is 9.70. The van der Waals surface area contributed by atoms with Crippen molar-refractivity contribution in [3.8, 4) is 5.75 Å². The van der Waals surface area contributed by atoms with Crippen LogP contribution in [0.3, 0.4) is 0 Å². The average molecular weight is 549 g/mol. The van der Waals surface area contributed by atoms with E-state index in [0.717, 1.165) is 27.4 Å². The molecule has 1 fully saturated rings. The summed E-state index contributed by atoms with van der Waals surface area (Å²) in [5.41, 5.74) is 2.45. The van der Waals surface area contributed by atoms with Crippen molar-refractivity contribution < 1.29 is 14.3 Å². The van der Waals surface area contributed by atoms with Crippen molar-refractivity contribution in [2.24, 2.45) is 0 Å². The number of ether oxygens (including phenoxy) is 1. The standard InChI is InChI=1S/C24H16BrCl2NO3S/c25-18-7-9-21(31-14-15-4-2-1-3-5-15)17(11-18)12-22-23(29)28(24(30)32-22)13-16-6-8-19(26)20(27)10-16/h1-12H,13-14H2/b22-12-. The molecule has 4 rings (SSSR count). The Bertz CT molecular complexity index is 1220. The van der Waals surface area contributed by atoms with E-state index < -0.39 is 0 Å². The van der Waals surface area contributed by atoms with Gasteiger partial charge in [-0.25, -0.2) is 0 Å². The van der Waals surface area contributed by atoms with Crippen LogP contribution in [0.15, 0.2) is 76.1 Å². The third kappa shape index (κ3) is 5.38. The Hall–Kier alpha value is -2.25. The van der Waals surface area contributed by atoms with Crippen LogP contribution < -0.4 is 4.74 Å².